The van der Waals surface area contributed by atoms with E-state index in [9.17, 15) is 4.79 Å². The minimum Gasteiger partial charge on any atom is -0.448 e. The number of piperidine rings is 1. The first kappa shape index (κ1) is 9.32. The van der Waals surface area contributed by atoms with E-state index >= 15 is 0 Å². The first-order valence-corrected chi connectivity index (χ1v) is 4.46. The average molecular weight is 172 g/mol. The lowest BCUT2D eigenvalue weighted by Gasteiger charge is -2.25. The van der Waals surface area contributed by atoms with Crippen LogP contribution in [0, 0.1) is 0 Å². The highest BCUT2D eigenvalue weighted by Crippen LogP contribution is 2.09. The summed E-state index contributed by atoms with van der Waals surface area (Å²) in [5, 5.41) is 0. The number of nitrogens with zero attached hydrogens (tertiary/aromatic N) is 1. The van der Waals surface area contributed by atoms with Gasteiger partial charge < -0.3 is 15.4 Å². The lowest BCUT2D eigenvalue weighted by atomic mass is 10.1. The van der Waals surface area contributed by atoms with Gasteiger partial charge in [0.05, 0.1) is 0 Å². The first-order chi connectivity index (χ1) is 5.84. The molecule has 0 radical (unpaired) electrons. The van der Waals surface area contributed by atoms with Crippen LogP contribution < -0.4 is 5.73 Å². The highest BCUT2D eigenvalue weighted by Gasteiger charge is 2.16. The summed E-state index contributed by atoms with van der Waals surface area (Å²) in [6, 6.07) is 0. The molecule has 0 bridgehead atoms. The van der Waals surface area contributed by atoms with Crippen molar-refractivity contribution in [3.63, 3.8) is 0 Å². The fourth-order valence-electron chi connectivity index (χ4n) is 1.31. The van der Waals surface area contributed by atoms with Crippen molar-refractivity contribution in [1.29, 1.82) is 0 Å². The molecule has 1 heterocycles. The third kappa shape index (κ3) is 2.70. The summed E-state index contributed by atoms with van der Waals surface area (Å²) < 4.78 is 4.89. The second-order valence-corrected chi connectivity index (χ2v) is 2.95. The van der Waals surface area contributed by atoms with Crippen LogP contribution in [0.1, 0.15) is 19.3 Å². The van der Waals surface area contributed by atoms with Gasteiger partial charge in [0.1, 0.15) is 6.61 Å². The van der Waals surface area contributed by atoms with Crippen LogP contribution in [0.25, 0.3) is 0 Å². The molecule has 12 heavy (non-hydrogen) atoms. The molecule has 0 aromatic heterocycles. The molecule has 0 aromatic rings. The van der Waals surface area contributed by atoms with Gasteiger partial charge in [-0.2, -0.15) is 0 Å². The monoisotopic (exact) mass is 172 g/mol. The highest BCUT2D eigenvalue weighted by atomic mass is 16.6. The lowest BCUT2D eigenvalue weighted by Crippen LogP contribution is -2.36. The van der Waals surface area contributed by atoms with Gasteiger partial charge >= 0.3 is 6.09 Å². The molecule has 1 aliphatic heterocycles. The molecule has 0 atom stereocenters. The SMILES string of the molecule is NCCOC(=O)N1CCCCC1. The Morgan fingerprint density at radius 3 is 2.58 bits per heavy atom. The Morgan fingerprint density at radius 1 is 1.33 bits per heavy atom. The van der Waals surface area contributed by atoms with Crippen LogP contribution in [0.2, 0.25) is 0 Å². The first-order valence-electron chi connectivity index (χ1n) is 4.46. The van der Waals surface area contributed by atoms with Crippen LogP contribution >= 0.6 is 0 Å². The van der Waals surface area contributed by atoms with E-state index in [2.05, 4.69) is 0 Å². The van der Waals surface area contributed by atoms with Gasteiger partial charge in [-0.25, -0.2) is 4.79 Å². The number of rotatable bonds is 2. The summed E-state index contributed by atoms with van der Waals surface area (Å²) in [7, 11) is 0. The van der Waals surface area contributed by atoms with E-state index in [4.69, 9.17) is 10.5 Å². The second kappa shape index (κ2) is 4.98. The van der Waals surface area contributed by atoms with Crippen LogP contribution in [0.5, 0.6) is 0 Å². The Labute approximate surface area is 72.7 Å². The number of carbonyl (C=O) groups is 1. The number of hydrogen-bond acceptors (Lipinski definition) is 3. The predicted molar refractivity (Wildman–Crippen MR) is 45.8 cm³/mol. The third-order valence-electron chi connectivity index (χ3n) is 1.96. The largest absolute Gasteiger partial charge is 0.448 e. The third-order valence-corrected chi connectivity index (χ3v) is 1.96. The van der Waals surface area contributed by atoms with Crippen LogP contribution in [0.3, 0.4) is 0 Å². The van der Waals surface area contributed by atoms with E-state index in [1.54, 1.807) is 4.90 Å². The number of carbonyl (C=O) groups excluding carboxylic acids is 1. The van der Waals surface area contributed by atoms with E-state index in [0.717, 1.165) is 25.9 Å². The van der Waals surface area contributed by atoms with Gasteiger partial charge in [-0.3, -0.25) is 0 Å². The molecule has 1 fully saturated rings. The van der Waals surface area contributed by atoms with Gasteiger partial charge in [0.25, 0.3) is 0 Å². The summed E-state index contributed by atoms with van der Waals surface area (Å²) >= 11 is 0. The molecule has 1 saturated heterocycles. The van der Waals surface area contributed by atoms with Crippen molar-refractivity contribution in [1.82, 2.24) is 4.90 Å². The quantitative estimate of drug-likeness (QED) is 0.662. The molecule has 0 spiro atoms. The maximum atomic E-state index is 11.2. The summed E-state index contributed by atoms with van der Waals surface area (Å²) in [5.74, 6) is 0. The standard InChI is InChI=1S/C8H16N2O2/c9-4-7-12-8(11)10-5-2-1-3-6-10/h1-7,9H2. The minimum absolute atomic E-state index is 0.208. The molecule has 1 rings (SSSR count). The van der Waals surface area contributed by atoms with Gasteiger partial charge in [-0.1, -0.05) is 0 Å². The molecule has 70 valence electrons. The molecule has 0 saturated carbocycles. The topological polar surface area (TPSA) is 55.6 Å². The molecule has 2 N–H and O–H groups in total. The van der Waals surface area contributed by atoms with Crippen molar-refractivity contribution < 1.29 is 9.53 Å². The molecular formula is C8H16N2O2. The van der Waals surface area contributed by atoms with E-state index in [0.29, 0.717) is 13.2 Å². The maximum Gasteiger partial charge on any atom is 0.409 e. The van der Waals surface area contributed by atoms with Crippen LogP contribution in [0.15, 0.2) is 0 Å². The van der Waals surface area contributed by atoms with Crippen molar-refractivity contribution in [2.75, 3.05) is 26.2 Å². The van der Waals surface area contributed by atoms with Crippen LogP contribution in [-0.4, -0.2) is 37.2 Å². The Hall–Kier alpha value is -0.770. The number of amides is 1. The Bertz CT molecular complexity index is 144. The molecule has 0 aliphatic carbocycles. The van der Waals surface area contributed by atoms with Crippen LogP contribution in [-0.2, 0) is 4.74 Å². The normalized spacial score (nSPS) is 17.6. The molecular weight excluding hydrogens is 156 g/mol. The summed E-state index contributed by atoms with van der Waals surface area (Å²) in [5.41, 5.74) is 5.21. The average Bonchev–Trinajstić information content (AvgIpc) is 2.15. The van der Waals surface area contributed by atoms with Gasteiger partial charge in [0.2, 0.25) is 0 Å². The molecule has 4 nitrogen and oxygen atoms in total. The number of nitrogens with two attached hydrogens (primary N) is 1. The van der Waals surface area contributed by atoms with Crippen LogP contribution in [0.4, 0.5) is 4.79 Å². The molecule has 0 unspecified atom stereocenters. The fourth-order valence-corrected chi connectivity index (χ4v) is 1.31. The summed E-state index contributed by atoms with van der Waals surface area (Å²) in [6.07, 6.45) is 3.20. The van der Waals surface area contributed by atoms with Crippen molar-refractivity contribution in [3.8, 4) is 0 Å². The zero-order valence-corrected chi connectivity index (χ0v) is 7.29. The van der Waals surface area contributed by atoms with Gasteiger partial charge in [-0.05, 0) is 19.3 Å². The van der Waals surface area contributed by atoms with E-state index in [1.165, 1.54) is 6.42 Å². The number of hydrogen-bond donors (Lipinski definition) is 1. The maximum absolute atomic E-state index is 11.2. The van der Waals surface area contributed by atoms with Crippen molar-refractivity contribution in [2.45, 2.75) is 19.3 Å². The number of likely N-dealkylation sites (tertiary alicyclic amines) is 1. The minimum atomic E-state index is -0.208. The summed E-state index contributed by atoms with van der Waals surface area (Å²) in [4.78, 5) is 13.0. The molecule has 4 heteroatoms. The molecule has 1 aliphatic rings. The fraction of sp³-hybridized carbons (Fsp3) is 0.875. The van der Waals surface area contributed by atoms with E-state index in [-0.39, 0.29) is 6.09 Å². The predicted octanol–water partition coefficient (Wildman–Crippen LogP) is 0.568. The van der Waals surface area contributed by atoms with E-state index in [1.807, 2.05) is 0 Å². The highest BCUT2D eigenvalue weighted by molar-refractivity contribution is 5.67. The Balaban J connectivity index is 2.20. The lowest BCUT2D eigenvalue weighted by molar-refractivity contribution is 0.0977. The number of ether oxygens (including phenoxy) is 1. The van der Waals surface area contributed by atoms with Crippen molar-refractivity contribution in [2.24, 2.45) is 5.73 Å². The zero-order chi connectivity index (χ0) is 8.81. The van der Waals surface area contributed by atoms with E-state index < -0.39 is 0 Å². The zero-order valence-electron chi connectivity index (χ0n) is 7.29. The van der Waals surface area contributed by atoms with Crippen molar-refractivity contribution >= 4 is 6.09 Å². The Morgan fingerprint density at radius 2 is 2.00 bits per heavy atom. The van der Waals surface area contributed by atoms with Gasteiger partial charge in [0.15, 0.2) is 0 Å². The molecule has 0 aromatic carbocycles. The molecule has 1 amide bonds. The summed E-state index contributed by atoms with van der Waals surface area (Å²) in [6.45, 7) is 2.40. The second-order valence-electron chi connectivity index (χ2n) is 2.95. The van der Waals surface area contributed by atoms with Gasteiger partial charge in [-0.15, -0.1) is 0 Å². The Kier molecular flexibility index (Phi) is 3.87. The van der Waals surface area contributed by atoms with Gasteiger partial charge in [0, 0.05) is 19.6 Å². The smallest absolute Gasteiger partial charge is 0.409 e. The van der Waals surface area contributed by atoms with Crippen molar-refractivity contribution in [3.05, 3.63) is 0 Å².